The predicted octanol–water partition coefficient (Wildman–Crippen LogP) is 7.26. The van der Waals surface area contributed by atoms with Crippen molar-refractivity contribution in [1.29, 1.82) is 0 Å². The molecule has 0 amide bonds. The molecule has 0 aliphatic heterocycles. The highest BCUT2D eigenvalue weighted by Gasteiger charge is 2.08. The van der Waals surface area contributed by atoms with Crippen LogP contribution in [0.1, 0.15) is 90.9 Å². The predicted molar refractivity (Wildman–Crippen MR) is 103 cm³/mol. The van der Waals surface area contributed by atoms with Gasteiger partial charge in [-0.25, -0.2) is 7.94 Å². The van der Waals surface area contributed by atoms with Gasteiger partial charge in [0.05, 0.1) is 0 Å². The highest BCUT2D eigenvalue weighted by atomic mass is 32.2. The first-order valence-corrected chi connectivity index (χ1v) is 11.8. The molecule has 22 heavy (non-hydrogen) atoms. The van der Waals surface area contributed by atoms with Gasteiger partial charge in [0.25, 0.3) is 0 Å². The van der Waals surface area contributed by atoms with Crippen LogP contribution in [-0.4, -0.2) is 16.4 Å². The van der Waals surface area contributed by atoms with E-state index in [4.69, 9.17) is 7.94 Å². The minimum Gasteiger partial charge on any atom is -0.327 e. The first-order chi connectivity index (χ1) is 10.8. The maximum absolute atomic E-state index is 9.57. The molecule has 3 nitrogen and oxygen atoms in total. The standard InChI is InChI=1S/C16H35O3PS2/c1-3-5-7-9-11-13-15-21-18-20(17)19-22-16-14-12-10-8-6-4-2/h17H,3-16H2,1-2H3. The largest absolute Gasteiger partial charge is 0.354 e. The molecule has 0 rings (SSSR count). The fraction of sp³-hybridized carbons (Fsp3) is 1.00. The SMILES string of the molecule is CCCCCCCCSOP(O)OSCCCCCCCC. The summed E-state index contributed by atoms with van der Waals surface area (Å²) in [6, 6.07) is 0. The van der Waals surface area contributed by atoms with Crippen molar-refractivity contribution >= 4 is 32.7 Å². The smallest absolute Gasteiger partial charge is 0.327 e. The first-order valence-electron chi connectivity index (χ1n) is 8.89. The van der Waals surface area contributed by atoms with Crippen molar-refractivity contribution in [3.05, 3.63) is 0 Å². The zero-order valence-electron chi connectivity index (χ0n) is 14.4. The summed E-state index contributed by atoms with van der Waals surface area (Å²) in [4.78, 5) is 9.57. The third-order valence-corrected chi connectivity index (χ3v) is 6.17. The molecule has 0 aliphatic rings. The van der Waals surface area contributed by atoms with Crippen LogP contribution in [0.25, 0.3) is 0 Å². The van der Waals surface area contributed by atoms with Gasteiger partial charge < -0.3 is 4.89 Å². The van der Waals surface area contributed by atoms with E-state index in [1.807, 2.05) is 0 Å². The Morgan fingerprint density at radius 2 is 1.00 bits per heavy atom. The fourth-order valence-corrected chi connectivity index (χ4v) is 4.34. The van der Waals surface area contributed by atoms with E-state index in [0.717, 1.165) is 24.3 Å². The van der Waals surface area contributed by atoms with Gasteiger partial charge in [-0.05, 0) is 12.8 Å². The second-order valence-electron chi connectivity index (χ2n) is 5.57. The van der Waals surface area contributed by atoms with Crippen LogP contribution in [0.4, 0.5) is 0 Å². The molecule has 0 atom stereocenters. The molecule has 134 valence electrons. The van der Waals surface area contributed by atoms with Crippen LogP contribution in [0, 0.1) is 0 Å². The zero-order chi connectivity index (χ0) is 16.3. The molecule has 0 bridgehead atoms. The molecular weight excluding hydrogens is 335 g/mol. The average Bonchev–Trinajstić information content (AvgIpc) is 2.52. The van der Waals surface area contributed by atoms with Crippen molar-refractivity contribution in [1.82, 2.24) is 0 Å². The topological polar surface area (TPSA) is 38.7 Å². The molecule has 0 saturated heterocycles. The molecule has 0 aromatic carbocycles. The average molecular weight is 371 g/mol. The third-order valence-electron chi connectivity index (χ3n) is 3.40. The lowest BCUT2D eigenvalue weighted by molar-refractivity contribution is 0.429. The fourth-order valence-electron chi connectivity index (χ4n) is 2.06. The summed E-state index contributed by atoms with van der Waals surface area (Å²) >= 11 is 2.69. The number of hydrogen-bond donors (Lipinski definition) is 1. The number of unbranched alkanes of at least 4 members (excludes halogenated alkanes) is 10. The molecule has 0 aliphatic carbocycles. The first kappa shape index (κ1) is 23.0. The summed E-state index contributed by atoms with van der Waals surface area (Å²) in [5.41, 5.74) is 0. The molecular formula is C16H35O3PS2. The highest BCUT2D eigenvalue weighted by molar-refractivity contribution is 8.00. The molecule has 0 radical (unpaired) electrons. The summed E-state index contributed by atoms with van der Waals surface area (Å²) in [6.07, 6.45) is 15.4. The number of rotatable bonds is 18. The maximum atomic E-state index is 9.57. The van der Waals surface area contributed by atoms with E-state index in [0.29, 0.717) is 0 Å². The van der Waals surface area contributed by atoms with Gasteiger partial charge >= 0.3 is 8.60 Å². The van der Waals surface area contributed by atoms with Gasteiger partial charge in [-0.3, -0.25) is 0 Å². The Hall–Kier alpha value is 1.01. The minimum absolute atomic E-state index is 0.941. The molecule has 0 spiro atoms. The van der Waals surface area contributed by atoms with Crippen molar-refractivity contribution < 1.29 is 12.8 Å². The van der Waals surface area contributed by atoms with Crippen LogP contribution >= 0.6 is 32.7 Å². The Balaban J connectivity index is 3.11. The second-order valence-corrected chi connectivity index (χ2v) is 8.52. The van der Waals surface area contributed by atoms with Gasteiger partial charge in [0, 0.05) is 35.6 Å². The lowest BCUT2D eigenvalue weighted by Gasteiger charge is -2.08. The maximum Gasteiger partial charge on any atom is 0.354 e. The molecule has 0 saturated carbocycles. The van der Waals surface area contributed by atoms with Crippen LogP contribution in [0.5, 0.6) is 0 Å². The van der Waals surface area contributed by atoms with E-state index < -0.39 is 8.60 Å². The summed E-state index contributed by atoms with van der Waals surface area (Å²) in [7, 11) is -1.72. The Kier molecular flexibility index (Phi) is 21.0. The van der Waals surface area contributed by atoms with Crippen LogP contribution in [-0.2, 0) is 7.94 Å². The van der Waals surface area contributed by atoms with Crippen molar-refractivity contribution in [2.75, 3.05) is 11.5 Å². The summed E-state index contributed by atoms with van der Waals surface area (Å²) in [5, 5.41) is 0. The van der Waals surface area contributed by atoms with Crippen LogP contribution in [0.3, 0.4) is 0 Å². The van der Waals surface area contributed by atoms with Gasteiger partial charge in [-0.2, -0.15) is 0 Å². The number of hydrogen-bond acceptors (Lipinski definition) is 5. The Labute approximate surface area is 148 Å². The molecule has 1 N–H and O–H groups in total. The van der Waals surface area contributed by atoms with Gasteiger partial charge in [0.15, 0.2) is 0 Å². The molecule has 0 heterocycles. The molecule has 0 unspecified atom stereocenters. The van der Waals surface area contributed by atoms with E-state index in [2.05, 4.69) is 13.8 Å². The summed E-state index contributed by atoms with van der Waals surface area (Å²) < 4.78 is 10.4. The normalized spacial score (nSPS) is 11.5. The van der Waals surface area contributed by atoms with Gasteiger partial charge in [-0.1, -0.05) is 78.1 Å². The van der Waals surface area contributed by atoms with Crippen LogP contribution in [0.2, 0.25) is 0 Å². The second kappa shape index (κ2) is 20.1. The van der Waals surface area contributed by atoms with E-state index in [-0.39, 0.29) is 0 Å². The molecule has 0 fully saturated rings. The highest BCUT2D eigenvalue weighted by Crippen LogP contribution is 2.42. The van der Waals surface area contributed by atoms with Gasteiger partial charge in [0.1, 0.15) is 0 Å². The molecule has 0 aromatic heterocycles. The van der Waals surface area contributed by atoms with E-state index in [1.165, 1.54) is 88.3 Å². The lowest BCUT2D eigenvalue weighted by Crippen LogP contribution is -1.85. The van der Waals surface area contributed by atoms with E-state index >= 15 is 0 Å². The van der Waals surface area contributed by atoms with Gasteiger partial charge in [0.2, 0.25) is 0 Å². The zero-order valence-corrected chi connectivity index (χ0v) is 17.0. The van der Waals surface area contributed by atoms with Gasteiger partial charge in [-0.15, -0.1) is 0 Å². The van der Waals surface area contributed by atoms with Crippen molar-refractivity contribution in [3.63, 3.8) is 0 Å². The lowest BCUT2D eigenvalue weighted by atomic mass is 10.1. The van der Waals surface area contributed by atoms with E-state index in [9.17, 15) is 4.89 Å². The molecule has 6 heteroatoms. The summed E-state index contributed by atoms with van der Waals surface area (Å²) in [6.45, 7) is 4.47. The quantitative estimate of drug-likeness (QED) is 0.156. The van der Waals surface area contributed by atoms with Crippen LogP contribution < -0.4 is 0 Å². The van der Waals surface area contributed by atoms with Crippen LogP contribution in [0.15, 0.2) is 0 Å². The Morgan fingerprint density at radius 3 is 1.41 bits per heavy atom. The Bertz CT molecular complexity index is 192. The van der Waals surface area contributed by atoms with Crippen molar-refractivity contribution in [2.45, 2.75) is 90.9 Å². The Morgan fingerprint density at radius 1 is 0.636 bits per heavy atom. The summed E-state index contributed by atoms with van der Waals surface area (Å²) in [5.74, 6) is 1.88. The third kappa shape index (κ3) is 19.1. The van der Waals surface area contributed by atoms with Crippen molar-refractivity contribution in [2.24, 2.45) is 0 Å². The van der Waals surface area contributed by atoms with E-state index in [1.54, 1.807) is 0 Å². The minimum atomic E-state index is -1.72. The molecule has 0 aromatic rings. The monoisotopic (exact) mass is 370 g/mol. The van der Waals surface area contributed by atoms with Crippen molar-refractivity contribution in [3.8, 4) is 0 Å².